The topological polar surface area (TPSA) is 59.8 Å². The van der Waals surface area contributed by atoms with Crippen molar-refractivity contribution in [1.29, 1.82) is 0 Å². The van der Waals surface area contributed by atoms with Gasteiger partial charge in [0, 0.05) is 6.04 Å². The van der Waals surface area contributed by atoms with Crippen molar-refractivity contribution >= 4 is 35.0 Å². The van der Waals surface area contributed by atoms with E-state index in [0.717, 1.165) is 31.0 Å². The minimum absolute atomic E-state index is 0.0414. The van der Waals surface area contributed by atoms with Gasteiger partial charge in [-0.25, -0.2) is 0 Å². The molecule has 1 N–H and O–H groups in total. The Labute approximate surface area is 150 Å². The average molecular weight is 391 g/mol. The van der Waals surface area contributed by atoms with E-state index in [1.165, 1.54) is 11.8 Å². The minimum atomic E-state index is -4.51. The molecule has 5 nitrogen and oxygen atoms in total. The Morgan fingerprint density at radius 2 is 2.16 bits per heavy atom. The number of hydrogen-bond acceptors (Lipinski definition) is 4. The van der Waals surface area contributed by atoms with Gasteiger partial charge in [-0.15, -0.1) is 10.2 Å². The van der Waals surface area contributed by atoms with Crippen molar-refractivity contribution in [2.75, 3.05) is 5.32 Å². The van der Waals surface area contributed by atoms with Crippen molar-refractivity contribution < 1.29 is 18.0 Å². The molecule has 0 saturated heterocycles. The number of amides is 1. The normalized spacial score (nSPS) is 15.9. The molecule has 2 aromatic rings. The third kappa shape index (κ3) is 4.27. The first kappa shape index (κ1) is 18.1. The van der Waals surface area contributed by atoms with Gasteiger partial charge in [-0.05, 0) is 38.0 Å². The van der Waals surface area contributed by atoms with Crippen LogP contribution in [0, 0.1) is 0 Å². The van der Waals surface area contributed by atoms with Crippen LogP contribution in [0.3, 0.4) is 0 Å². The summed E-state index contributed by atoms with van der Waals surface area (Å²) in [7, 11) is 0. The number of aromatic nitrogens is 3. The lowest BCUT2D eigenvalue weighted by atomic mass is 10.2. The van der Waals surface area contributed by atoms with Gasteiger partial charge in [0.15, 0.2) is 5.16 Å². The van der Waals surface area contributed by atoms with E-state index in [-0.39, 0.29) is 10.7 Å². The number of thioether (sulfide) groups is 1. The molecule has 1 aromatic heterocycles. The molecule has 0 bridgehead atoms. The highest BCUT2D eigenvalue weighted by Gasteiger charge is 2.31. The van der Waals surface area contributed by atoms with Crippen LogP contribution in [0.25, 0.3) is 0 Å². The summed E-state index contributed by atoms with van der Waals surface area (Å²) in [5.41, 5.74) is -0.946. The molecule has 0 aliphatic heterocycles. The molecule has 134 valence electrons. The Balaban J connectivity index is 1.70. The van der Waals surface area contributed by atoms with Crippen LogP contribution in [-0.2, 0) is 11.0 Å². The van der Waals surface area contributed by atoms with Crippen molar-refractivity contribution in [1.82, 2.24) is 14.8 Å². The second kappa shape index (κ2) is 6.87. The van der Waals surface area contributed by atoms with Crippen molar-refractivity contribution in [3.63, 3.8) is 0 Å². The van der Waals surface area contributed by atoms with Gasteiger partial charge < -0.3 is 9.88 Å². The highest BCUT2D eigenvalue weighted by atomic mass is 35.5. The molecule has 1 saturated carbocycles. The van der Waals surface area contributed by atoms with E-state index in [0.29, 0.717) is 11.2 Å². The van der Waals surface area contributed by atoms with Crippen LogP contribution in [-0.4, -0.2) is 25.9 Å². The van der Waals surface area contributed by atoms with Crippen LogP contribution in [0.2, 0.25) is 5.02 Å². The SMILES string of the molecule is CC(Sc1nncn1C1CC1)C(=O)Nc1cc(C(F)(F)F)ccc1Cl. The molecule has 1 aliphatic carbocycles. The number of alkyl halides is 3. The van der Waals surface area contributed by atoms with Gasteiger partial charge in [0.05, 0.1) is 21.5 Å². The van der Waals surface area contributed by atoms with E-state index in [4.69, 9.17) is 11.6 Å². The first-order valence-corrected chi connectivity index (χ1v) is 8.75. The quantitative estimate of drug-likeness (QED) is 0.768. The second-order valence-corrected chi connectivity index (χ2v) is 7.41. The molecule has 1 unspecified atom stereocenters. The predicted octanol–water partition coefficient (Wildman–Crippen LogP) is 4.40. The number of carbonyl (C=O) groups excluding carboxylic acids is 1. The van der Waals surface area contributed by atoms with Crippen LogP contribution < -0.4 is 5.32 Å². The Morgan fingerprint density at radius 1 is 1.44 bits per heavy atom. The van der Waals surface area contributed by atoms with Gasteiger partial charge in [-0.1, -0.05) is 23.4 Å². The number of carbonyl (C=O) groups is 1. The molecule has 1 heterocycles. The smallest absolute Gasteiger partial charge is 0.324 e. The van der Waals surface area contributed by atoms with Crippen LogP contribution in [0.4, 0.5) is 18.9 Å². The number of hydrogen-bond donors (Lipinski definition) is 1. The molecule has 1 aromatic carbocycles. The average Bonchev–Trinajstić information content (AvgIpc) is 3.28. The molecule has 25 heavy (non-hydrogen) atoms. The van der Waals surface area contributed by atoms with Crippen molar-refractivity contribution in [2.24, 2.45) is 0 Å². The fourth-order valence-corrected chi connectivity index (χ4v) is 3.22. The maximum atomic E-state index is 12.8. The molecule has 3 rings (SSSR count). The first-order chi connectivity index (χ1) is 11.8. The highest BCUT2D eigenvalue weighted by molar-refractivity contribution is 8.00. The van der Waals surface area contributed by atoms with Gasteiger partial charge in [0.1, 0.15) is 6.33 Å². The van der Waals surface area contributed by atoms with E-state index in [1.54, 1.807) is 13.3 Å². The summed E-state index contributed by atoms with van der Waals surface area (Å²) >= 11 is 7.10. The fourth-order valence-electron chi connectivity index (χ4n) is 2.16. The summed E-state index contributed by atoms with van der Waals surface area (Å²) in [5.74, 6) is -0.462. The number of rotatable bonds is 5. The van der Waals surface area contributed by atoms with Crippen LogP contribution in [0.15, 0.2) is 29.7 Å². The fraction of sp³-hybridized carbons (Fsp3) is 0.400. The zero-order chi connectivity index (χ0) is 18.2. The Bertz CT molecular complexity index is 791. The zero-order valence-corrected chi connectivity index (χ0v) is 14.6. The Kier molecular flexibility index (Phi) is 4.97. The van der Waals surface area contributed by atoms with Crippen molar-refractivity contribution in [2.45, 2.75) is 42.4 Å². The third-order valence-electron chi connectivity index (χ3n) is 3.68. The van der Waals surface area contributed by atoms with Crippen LogP contribution >= 0.6 is 23.4 Å². The number of benzene rings is 1. The zero-order valence-electron chi connectivity index (χ0n) is 13.0. The highest BCUT2D eigenvalue weighted by Crippen LogP contribution is 2.38. The largest absolute Gasteiger partial charge is 0.416 e. The lowest BCUT2D eigenvalue weighted by molar-refractivity contribution is -0.137. The molecule has 10 heteroatoms. The summed E-state index contributed by atoms with van der Waals surface area (Å²) in [6.07, 6.45) is -0.794. The summed E-state index contributed by atoms with van der Waals surface area (Å²) in [4.78, 5) is 12.3. The third-order valence-corrected chi connectivity index (χ3v) is 5.08. The van der Waals surface area contributed by atoms with E-state index < -0.39 is 22.9 Å². The van der Waals surface area contributed by atoms with E-state index in [1.807, 2.05) is 4.57 Å². The molecule has 1 amide bonds. The summed E-state index contributed by atoms with van der Waals surface area (Å²) in [5, 5.41) is 10.4. The summed E-state index contributed by atoms with van der Waals surface area (Å²) < 4.78 is 40.3. The first-order valence-electron chi connectivity index (χ1n) is 7.49. The molecule has 0 radical (unpaired) electrons. The number of halogens is 4. The molecular formula is C15H14ClF3N4OS. The maximum absolute atomic E-state index is 12.8. The predicted molar refractivity (Wildman–Crippen MR) is 88.7 cm³/mol. The van der Waals surface area contributed by atoms with E-state index in [2.05, 4.69) is 15.5 Å². The van der Waals surface area contributed by atoms with Crippen molar-refractivity contribution in [3.8, 4) is 0 Å². The monoisotopic (exact) mass is 390 g/mol. The summed E-state index contributed by atoms with van der Waals surface area (Å²) in [6, 6.07) is 3.17. The minimum Gasteiger partial charge on any atom is -0.324 e. The maximum Gasteiger partial charge on any atom is 0.416 e. The number of nitrogens with one attached hydrogen (secondary N) is 1. The molecular weight excluding hydrogens is 377 g/mol. The van der Waals surface area contributed by atoms with Crippen LogP contribution in [0.5, 0.6) is 0 Å². The van der Waals surface area contributed by atoms with Gasteiger partial charge in [-0.2, -0.15) is 13.2 Å². The summed E-state index contributed by atoms with van der Waals surface area (Å²) in [6.45, 7) is 1.65. The van der Waals surface area contributed by atoms with Crippen LogP contribution in [0.1, 0.15) is 31.4 Å². The molecule has 0 spiro atoms. The number of anilines is 1. The Morgan fingerprint density at radius 3 is 2.80 bits per heavy atom. The van der Waals surface area contributed by atoms with Gasteiger partial charge in [-0.3, -0.25) is 4.79 Å². The lowest BCUT2D eigenvalue weighted by Crippen LogP contribution is -2.23. The number of nitrogens with zero attached hydrogens (tertiary/aromatic N) is 3. The molecule has 1 fully saturated rings. The standard InChI is InChI=1S/C15H14ClF3N4OS/c1-8(25-14-22-20-7-23(14)10-3-4-10)13(24)21-12-6-9(15(17,18)19)2-5-11(12)16/h2,5-8,10H,3-4H2,1H3,(H,21,24). The van der Waals surface area contributed by atoms with Gasteiger partial charge in [0.25, 0.3) is 0 Å². The van der Waals surface area contributed by atoms with Gasteiger partial charge in [0.2, 0.25) is 5.91 Å². The lowest BCUT2D eigenvalue weighted by Gasteiger charge is -2.14. The second-order valence-electron chi connectivity index (χ2n) is 5.69. The van der Waals surface area contributed by atoms with Crippen molar-refractivity contribution in [3.05, 3.63) is 35.1 Å². The van der Waals surface area contributed by atoms with E-state index >= 15 is 0 Å². The molecule has 1 atom stereocenters. The van der Waals surface area contributed by atoms with E-state index in [9.17, 15) is 18.0 Å². The Hall–Kier alpha value is -1.74. The molecule has 1 aliphatic rings. The van der Waals surface area contributed by atoms with Gasteiger partial charge >= 0.3 is 6.18 Å².